The first-order chi connectivity index (χ1) is 28.8. The summed E-state index contributed by atoms with van der Waals surface area (Å²) in [5.41, 5.74) is 21.3. The first kappa shape index (κ1) is 35.2. The Kier molecular flexibility index (Phi) is 7.94. The van der Waals surface area contributed by atoms with Gasteiger partial charge < -0.3 is 4.90 Å². The number of anilines is 3. The Morgan fingerprint density at radius 3 is 1.54 bits per heavy atom. The Hall–Kier alpha value is -6.96. The van der Waals surface area contributed by atoms with Crippen LogP contribution in [0.3, 0.4) is 0 Å². The molecule has 2 aliphatic rings. The van der Waals surface area contributed by atoms with Crippen LogP contribution in [0.2, 0.25) is 0 Å². The Bertz CT molecular complexity index is 3060. The highest BCUT2D eigenvalue weighted by atomic mass is 15.1. The molecule has 0 aliphatic heterocycles. The lowest BCUT2D eigenvalue weighted by Gasteiger charge is -2.29. The number of hydrogen-bond donors (Lipinski definition) is 0. The molecule has 0 saturated carbocycles. The highest BCUT2D eigenvalue weighted by Crippen LogP contribution is 2.57. The molecule has 9 aromatic rings. The van der Waals surface area contributed by atoms with E-state index in [1.165, 1.54) is 88.7 Å². The van der Waals surface area contributed by atoms with Crippen molar-refractivity contribution in [3.63, 3.8) is 0 Å². The first-order valence-electron chi connectivity index (χ1n) is 20.8. The van der Waals surface area contributed by atoms with Crippen molar-refractivity contribution in [2.45, 2.75) is 38.5 Å². The standard InChI is InChI=1S/C58H45N/c1-57(2)52-22-14-13-21-48(52)49-33-31-46(37-54(49)57)59(44-29-27-41(28-30-44)39-17-9-6-10-18-39)45-32-34-53-51(36-45)55-50(35-43-19-11-12-20-47(43)56(55)58(53,3)4)42-25-23-40(24-26-42)38-15-7-5-8-16-38/h5-37H,1-4H3. The Balaban J connectivity index is 1.11. The molecular weight excluding hydrogens is 711 g/mol. The summed E-state index contributed by atoms with van der Waals surface area (Å²) in [5, 5.41) is 2.60. The molecule has 0 saturated heterocycles. The van der Waals surface area contributed by atoms with Crippen LogP contribution >= 0.6 is 0 Å². The fourth-order valence-electron chi connectivity index (χ4n) is 10.2. The third-order valence-corrected chi connectivity index (χ3v) is 13.2. The second kappa shape index (κ2) is 13.3. The predicted octanol–water partition coefficient (Wildman–Crippen LogP) is 15.9. The molecule has 2 aliphatic carbocycles. The zero-order valence-electron chi connectivity index (χ0n) is 34.0. The second-order valence-corrected chi connectivity index (χ2v) is 17.3. The molecule has 0 atom stereocenters. The zero-order chi connectivity index (χ0) is 39.9. The third-order valence-electron chi connectivity index (χ3n) is 13.2. The smallest absolute Gasteiger partial charge is 0.0468 e. The summed E-state index contributed by atoms with van der Waals surface area (Å²) in [7, 11) is 0. The average molecular weight is 756 g/mol. The van der Waals surface area contributed by atoms with Gasteiger partial charge in [-0.2, -0.15) is 0 Å². The fourth-order valence-corrected chi connectivity index (χ4v) is 10.2. The molecule has 0 unspecified atom stereocenters. The van der Waals surface area contributed by atoms with Gasteiger partial charge in [0.2, 0.25) is 0 Å². The molecule has 0 heterocycles. The number of fused-ring (bicyclic) bond motifs is 8. The normalized spacial score (nSPS) is 14.0. The molecule has 59 heavy (non-hydrogen) atoms. The molecule has 1 nitrogen and oxygen atoms in total. The van der Waals surface area contributed by atoms with Gasteiger partial charge in [-0.3, -0.25) is 0 Å². The van der Waals surface area contributed by atoms with E-state index in [0.29, 0.717) is 0 Å². The number of rotatable bonds is 6. The van der Waals surface area contributed by atoms with Gasteiger partial charge in [-0.1, -0.05) is 185 Å². The Labute approximate surface area is 347 Å². The van der Waals surface area contributed by atoms with Crippen LogP contribution in [0.1, 0.15) is 49.9 Å². The highest BCUT2D eigenvalue weighted by Gasteiger charge is 2.40. The Morgan fingerprint density at radius 1 is 0.322 bits per heavy atom. The maximum atomic E-state index is 2.47. The van der Waals surface area contributed by atoms with Crippen LogP contribution in [0.15, 0.2) is 200 Å². The number of nitrogens with zero attached hydrogens (tertiary/aromatic N) is 1. The average Bonchev–Trinajstić information content (AvgIpc) is 3.66. The maximum Gasteiger partial charge on any atom is 0.0468 e. The molecule has 0 amide bonds. The van der Waals surface area contributed by atoms with Crippen LogP contribution in [0.5, 0.6) is 0 Å². The fraction of sp³-hybridized carbons (Fsp3) is 0.103. The lowest BCUT2D eigenvalue weighted by molar-refractivity contribution is 0.660. The van der Waals surface area contributed by atoms with Gasteiger partial charge in [-0.05, 0) is 131 Å². The summed E-state index contributed by atoms with van der Waals surface area (Å²) in [6.45, 7) is 9.55. The summed E-state index contributed by atoms with van der Waals surface area (Å²) in [6, 6.07) is 74.2. The van der Waals surface area contributed by atoms with E-state index in [9.17, 15) is 0 Å². The summed E-state index contributed by atoms with van der Waals surface area (Å²) in [6.07, 6.45) is 0. The lowest BCUT2D eigenvalue weighted by atomic mass is 9.79. The monoisotopic (exact) mass is 755 g/mol. The maximum absolute atomic E-state index is 2.47. The summed E-state index contributed by atoms with van der Waals surface area (Å²) < 4.78 is 0. The highest BCUT2D eigenvalue weighted by molar-refractivity contribution is 6.05. The van der Waals surface area contributed by atoms with Gasteiger partial charge in [-0.25, -0.2) is 0 Å². The molecule has 0 bridgehead atoms. The van der Waals surface area contributed by atoms with E-state index >= 15 is 0 Å². The zero-order valence-corrected chi connectivity index (χ0v) is 34.0. The largest absolute Gasteiger partial charge is 0.310 e. The molecule has 0 spiro atoms. The van der Waals surface area contributed by atoms with Crippen molar-refractivity contribution >= 4 is 27.8 Å². The molecule has 0 radical (unpaired) electrons. The van der Waals surface area contributed by atoms with Gasteiger partial charge in [-0.15, -0.1) is 0 Å². The quantitative estimate of drug-likeness (QED) is 0.163. The summed E-state index contributed by atoms with van der Waals surface area (Å²) >= 11 is 0. The molecular formula is C58H45N. The second-order valence-electron chi connectivity index (χ2n) is 17.3. The van der Waals surface area contributed by atoms with Gasteiger partial charge in [0.1, 0.15) is 0 Å². The van der Waals surface area contributed by atoms with Crippen LogP contribution in [0.25, 0.3) is 66.4 Å². The van der Waals surface area contributed by atoms with Crippen molar-refractivity contribution in [2.75, 3.05) is 4.90 Å². The van der Waals surface area contributed by atoms with E-state index in [1.54, 1.807) is 0 Å². The predicted molar refractivity (Wildman–Crippen MR) is 250 cm³/mol. The van der Waals surface area contributed by atoms with Crippen molar-refractivity contribution in [3.05, 3.63) is 222 Å². The van der Waals surface area contributed by atoms with Crippen molar-refractivity contribution in [3.8, 4) is 55.6 Å². The minimum atomic E-state index is -0.200. The number of hydrogen-bond acceptors (Lipinski definition) is 1. The molecule has 11 rings (SSSR count). The van der Waals surface area contributed by atoms with Gasteiger partial charge in [0, 0.05) is 27.9 Å². The van der Waals surface area contributed by atoms with Crippen molar-refractivity contribution in [1.82, 2.24) is 0 Å². The Morgan fingerprint density at radius 2 is 0.831 bits per heavy atom. The van der Waals surface area contributed by atoms with E-state index in [-0.39, 0.29) is 10.8 Å². The molecule has 0 aromatic heterocycles. The number of benzene rings is 9. The van der Waals surface area contributed by atoms with Crippen LogP contribution in [0, 0.1) is 0 Å². The van der Waals surface area contributed by atoms with E-state index < -0.39 is 0 Å². The van der Waals surface area contributed by atoms with Gasteiger partial charge in [0.05, 0.1) is 0 Å². The van der Waals surface area contributed by atoms with Crippen molar-refractivity contribution < 1.29 is 0 Å². The first-order valence-corrected chi connectivity index (χ1v) is 20.8. The summed E-state index contributed by atoms with van der Waals surface area (Å²) in [4.78, 5) is 2.47. The minimum absolute atomic E-state index is 0.113. The van der Waals surface area contributed by atoms with Gasteiger partial charge in [0.25, 0.3) is 0 Å². The SMILES string of the molecule is CC1(C)c2ccccc2-c2ccc(N(c3ccc(-c4ccccc4)cc3)c3ccc4c(c3)-c3c(-c5ccc(-c6ccccc6)cc5)cc5ccccc5c3C4(C)C)cc21. The molecule has 9 aromatic carbocycles. The van der Waals surface area contributed by atoms with E-state index in [1.807, 2.05) is 0 Å². The van der Waals surface area contributed by atoms with E-state index in [2.05, 4.69) is 233 Å². The lowest BCUT2D eigenvalue weighted by Crippen LogP contribution is -2.17. The molecule has 1 heteroatoms. The minimum Gasteiger partial charge on any atom is -0.310 e. The van der Waals surface area contributed by atoms with E-state index in [4.69, 9.17) is 0 Å². The van der Waals surface area contributed by atoms with Crippen molar-refractivity contribution in [1.29, 1.82) is 0 Å². The van der Waals surface area contributed by atoms with Crippen molar-refractivity contribution in [2.24, 2.45) is 0 Å². The molecule has 0 fully saturated rings. The summed E-state index contributed by atoms with van der Waals surface area (Å²) in [5.74, 6) is 0. The van der Waals surface area contributed by atoms with Gasteiger partial charge in [0.15, 0.2) is 0 Å². The molecule has 0 N–H and O–H groups in total. The van der Waals surface area contributed by atoms with Gasteiger partial charge >= 0.3 is 0 Å². The van der Waals surface area contributed by atoms with Crippen LogP contribution in [-0.2, 0) is 10.8 Å². The van der Waals surface area contributed by atoms with Crippen LogP contribution in [-0.4, -0.2) is 0 Å². The molecule has 282 valence electrons. The topological polar surface area (TPSA) is 3.24 Å². The third kappa shape index (κ3) is 5.53. The van der Waals surface area contributed by atoms with Crippen LogP contribution in [0.4, 0.5) is 17.1 Å². The van der Waals surface area contributed by atoms with Crippen LogP contribution < -0.4 is 4.90 Å². The van der Waals surface area contributed by atoms with E-state index in [0.717, 1.165) is 17.1 Å².